The molecule has 0 bridgehead atoms. The summed E-state index contributed by atoms with van der Waals surface area (Å²) in [5, 5.41) is 2.23. The molecule has 0 aromatic heterocycles. The molecule has 0 aliphatic carbocycles. The van der Waals surface area contributed by atoms with Gasteiger partial charge >= 0.3 is 6.03 Å². The highest BCUT2D eigenvalue weighted by Crippen LogP contribution is 2.32. The van der Waals surface area contributed by atoms with Gasteiger partial charge in [0.05, 0.1) is 0 Å². The van der Waals surface area contributed by atoms with Crippen LogP contribution in [-0.4, -0.2) is 53.3 Å². The maximum Gasteiger partial charge on any atom is 0.331 e. The molecule has 4 amide bonds. The summed E-state index contributed by atoms with van der Waals surface area (Å²) in [5.74, 6) is -0.700. The molecular weight excluding hydrogens is 210 g/mol. The zero-order chi connectivity index (χ0) is 11.9. The molecule has 1 N–H and O–H groups in total. The lowest BCUT2D eigenvalue weighted by molar-refractivity contribution is -0.139. The van der Waals surface area contributed by atoms with Crippen molar-refractivity contribution in [2.75, 3.05) is 20.1 Å². The van der Waals surface area contributed by atoms with Crippen molar-refractivity contribution in [3.8, 4) is 0 Å². The number of hydrogen-bond donors (Lipinski definition) is 1. The van der Waals surface area contributed by atoms with Crippen molar-refractivity contribution in [3.63, 3.8) is 0 Å². The zero-order valence-electron chi connectivity index (χ0n) is 9.45. The number of rotatable bonds is 0. The van der Waals surface area contributed by atoms with Crippen LogP contribution in [0, 0.1) is 0 Å². The van der Waals surface area contributed by atoms with Crippen LogP contribution < -0.4 is 5.32 Å². The van der Waals surface area contributed by atoms with Crippen LogP contribution >= 0.6 is 0 Å². The molecule has 0 saturated carbocycles. The lowest BCUT2D eigenvalue weighted by atomic mass is 9.86. The van der Waals surface area contributed by atoms with Crippen LogP contribution in [0.1, 0.15) is 19.8 Å². The van der Waals surface area contributed by atoms with Gasteiger partial charge < -0.3 is 4.90 Å². The summed E-state index contributed by atoms with van der Waals surface area (Å²) in [6.07, 6.45) is 1.03. The lowest BCUT2D eigenvalue weighted by Crippen LogP contribution is -2.57. The number of imide groups is 2. The van der Waals surface area contributed by atoms with Crippen molar-refractivity contribution < 1.29 is 14.4 Å². The summed E-state index contributed by atoms with van der Waals surface area (Å²) in [6, 6.07) is -0.581. The van der Waals surface area contributed by atoms with E-state index in [0.717, 1.165) is 4.90 Å². The van der Waals surface area contributed by atoms with E-state index in [1.165, 1.54) is 6.92 Å². The summed E-state index contributed by atoms with van der Waals surface area (Å²) < 4.78 is 0. The van der Waals surface area contributed by atoms with Gasteiger partial charge in [0.15, 0.2) is 0 Å². The SMILES string of the molecule is CC(=O)N1C(=O)NC(=O)C12CCN(C)CC2. The molecule has 6 nitrogen and oxygen atoms in total. The molecule has 6 heteroatoms. The van der Waals surface area contributed by atoms with Gasteiger partial charge in [-0.3, -0.25) is 14.9 Å². The fourth-order valence-corrected chi connectivity index (χ4v) is 2.45. The third kappa shape index (κ3) is 1.41. The Morgan fingerprint density at radius 1 is 1.31 bits per heavy atom. The summed E-state index contributed by atoms with van der Waals surface area (Å²) >= 11 is 0. The minimum atomic E-state index is -0.935. The lowest BCUT2D eigenvalue weighted by Gasteiger charge is -2.39. The van der Waals surface area contributed by atoms with E-state index in [9.17, 15) is 14.4 Å². The molecule has 2 rings (SSSR count). The van der Waals surface area contributed by atoms with Gasteiger partial charge in [-0.25, -0.2) is 9.69 Å². The van der Waals surface area contributed by atoms with Gasteiger partial charge in [-0.05, 0) is 19.9 Å². The average Bonchev–Trinajstić information content (AvgIpc) is 2.43. The Bertz CT molecular complexity index is 358. The number of likely N-dealkylation sites (tertiary alicyclic amines) is 1. The molecule has 2 aliphatic heterocycles. The molecule has 2 fully saturated rings. The molecule has 2 saturated heterocycles. The quantitative estimate of drug-likeness (QED) is 0.567. The Hall–Kier alpha value is -1.43. The Balaban J connectivity index is 2.32. The molecular formula is C10H15N3O3. The number of urea groups is 1. The fraction of sp³-hybridized carbons (Fsp3) is 0.700. The van der Waals surface area contributed by atoms with Gasteiger partial charge in [0, 0.05) is 20.0 Å². The maximum absolute atomic E-state index is 11.8. The zero-order valence-corrected chi connectivity index (χ0v) is 9.45. The van der Waals surface area contributed by atoms with Crippen molar-refractivity contribution in [2.24, 2.45) is 0 Å². The highest BCUT2D eigenvalue weighted by atomic mass is 16.2. The second kappa shape index (κ2) is 3.55. The Morgan fingerprint density at radius 3 is 2.38 bits per heavy atom. The monoisotopic (exact) mass is 225 g/mol. The van der Waals surface area contributed by atoms with Gasteiger partial charge in [-0.2, -0.15) is 0 Å². The van der Waals surface area contributed by atoms with Crippen LogP contribution in [0.25, 0.3) is 0 Å². The van der Waals surface area contributed by atoms with Crippen LogP contribution in [0.3, 0.4) is 0 Å². The standard InChI is InChI=1S/C10H15N3O3/c1-7(14)13-9(16)11-8(15)10(13)3-5-12(2)6-4-10/h3-6H2,1-2H3,(H,11,15,16). The third-order valence-corrected chi connectivity index (χ3v) is 3.40. The minimum Gasteiger partial charge on any atom is -0.306 e. The fourth-order valence-electron chi connectivity index (χ4n) is 2.45. The first-order valence-electron chi connectivity index (χ1n) is 5.32. The minimum absolute atomic E-state index is 0.333. The van der Waals surface area contributed by atoms with Crippen LogP contribution in [0.15, 0.2) is 0 Å². The normalized spacial score (nSPS) is 25.0. The average molecular weight is 225 g/mol. The van der Waals surface area contributed by atoms with Crippen molar-refractivity contribution in [2.45, 2.75) is 25.3 Å². The van der Waals surface area contributed by atoms with Crippen molar-refractivity contribution in [3.05, 3.63) is 0 Å². The van der Waals surface area contributed by atoms with E-state index in [-0.39, 0.29) is 11.8 Å². The second-order valence-corrected chi connectivity index (χ2v) is 4.45. The van der Waals surface area contributed by atoms with Crippen LogP contribution in [0.4, 0.5) is 4.79 Å². The van der Waals surface area contributed by atoms with E-state index >= 15 is 0 Å². The topological polar surface area (TPSA) is 69.7 Å². The van der Waals surface area contributed by atoms with E-state index in [1.807, 2.05) is 7.05 Å². The molecule has 2 aliphatic rings. The summed E-state index contributed by atoms with van der Waals surface area (Å²) in [6.45, 7) is 2.74. The van der Waals surface area contributed by atoms with Crippen LogP contribution in [0.5, 0.6) is 0 Å². The molecule has 0 unspecified atom stereocenters. The number of nitrogens with zero attached hydrogens (tertiary/aromatic N) is 2. The van der Waals surface area contributed by atoms with Crippen LogP contribution in [-0.2, 0) is 9.59 Å². The van der Waals surface area contributed by atoms with E-state index in [0.29, 0.717) is 25.9 Å². The highest BCUT2D eigenvalue weighted by molar-refractivity contribution is 6.13. The third-order valence-electron chi connectivity index (χ3n) is 3.40. The summed E-state index contributed by atoms with van der Waals surface area (Å²) in [7, 11) is 1.96. The molecule has 1 spiro atoms. The van der Waals surface area contributed by atoms with Crippen molar-refractivity contribution in [1.82, 2.24) is 15.1 Å². The first kappa shape index (κ1) is 11.1. The molecule has 0 atom stereocenters. The van der Waals surface area contributed by atoms with E-state index in [2.05, 4.69) is 10.2 Å². The predicted molar refractivity (Wildman–Crippen MR) is 55.5 cm³/mol. The van der Waals surface area contributed by atoms with Gasteiger partial charge in [0.25, 0.3) is 5.91 Å². The van der Waals surface area contributed by atoms with Crippen LogP contribution in [0.2, 0.25) is 0 Å². The molecule has 0 aromatic rings. The maximum atomic E-state index is 11.8. The Kier molecular flexibility index (Phi) is 2.46. The second-order valence-electron chi connectivity index (χ2n) is 4.45. The Morgan fingerprint density at radius 2 is 1.88 bits per heavy atom. The summed E-state index contributed by atoms with van der Waals surface area (Å²) in [5.41, 5.74) is -0.935. The number of carbonyl (C=O) groups excluding carboxylic acids is 3. The predicted octanol–water partition coefficient (Wildman–Crippen LogP) is -0.451. The number of nitrogens with one attached hydrogen (secondary N) is 1. The van der Waals surface area contributed by atoms with Gasteiger partial charge in [-0.1, -0.05) is 0 Å². The highest BCUT2D eigenvalue weighted by Gasteiger charge is 2.55. The van der Waals surface area contributed by atoms with E-state index in [1.54, 1.807) is 0 Å². The van der Waals surface area contributed by atoms with E-state index in [4.69, 9.17) is 0 Å². The van der Waals surface area contributed by atoms with Gasteiger partial charge in [0.2, 0.25) is 5.91 Å². The van der Waals surface area contributed by atoms with Crippen molar-refractivity contribution in [1.29, 1.82) is 0 Å². The smallest absolute Gasteiger partial charge is 0.306 e. The largest absolute Gasteiger partial charge is 0.331 e. The summed E-state index contributed by atoms with van der Waals surface area (Å²) in [4.78, 5) is 38.0. The first-order chi connectivity index (χ1) is 7.47. The van der Waals surface area contributed by atoms with E-state index < -0.39 is 11.6 Å². The number of amides is 4. The molecule has 16 heavy (non-hydrogen) atoms. The van der Waals surface area contributed by atoms with Gasteiger partial charge in [-0.15, -0.1) is 0 Å². The molecule has 2 heterocycles. The number of carbonyl (C=O) groups is 3. The molecule has 0 aromatic carbocycles. The van der Waals surface area contributed by atoms with Gasteiger partial charge in [0.1, 0.15) is 5.54 Å². The van der Waals surface area contributed by atoms with Crippen molar-refractivity contribution >= 4 is 17.8 Å². The number of hydrogen-bond acceptors (Lipinski definition) is 4. The molecule has 0 radical (unpaired) electrons. The first-order valence-corrected chi connectivity index (χ1v) is 5.32. The molecule has 88 valence electrons. The number of piperidine rings is 1. The Labute approximate surface area is 93.6 Å².